The molecule has 24 heavy (non-hydrogen) atoms. The Bertz CT molecular complexity index is 590. The molecule has 1 heterocycles. The van der Waals surface area contributed by atoms with E-state index in [9.17, 15) is 27.4 Å². The van der Waals surface area contributed by atoms with Crippen molar-refractivity contribution in [2.24, 2.45) is 0 Å². The standard InChI is InChI=1S/C15H20F2N2O4S/c16-13(17)5-6-15(21)7-9-19(10-8-15)14(20)11-1-3-12(4-2-11)18-24(22)23/h1-4,13,18,21H,5-10H2,(H,22,23)/p-1. The molecule has 1 aromatic carbocycles. The molecule has 2 N–H and O–H groups in total. The quantitative estimate of drug-likeness (QED) is 0.757. The first-order valence-electron chi connectivity index (χ1n) is 7.55. The first kappa shape index (κ1) is 18.8. The normalized spacial score (nSPS) is 18.5. The summed E-state index contributed by atoms with van der Waals surface area (Å²) in [6, 6.07) is 5.97. The van der Waals surface area contributed by atoms with Gasteiger partial charge in [0.2, 0.25) is 6.43 Å². The van der Waals surface area contributed by atoms with Crippen molar-refractivity contribution in [2.75, 3.05) is 17.8 Å². The Labute approximate surface area is 141 Å². The molecule has 1 aliphatic rings. The first-order valence-corrected chi connectivity index (χ1v) is 8.62. The Kier molecular flexibility index (Phi) is 6.25. The number of nitrogens with zero attached hydrogens (tertiary/aromatic N) is 1. The van der Waals surface area contributed by atoms with Crippen molar-refractivity contribution < 1.29 is 27.4 Å². The van der Waals surface area contributed by atoms with Gasteiger partial charge in [0, 0.05) is 42.0 Å². The van der Waals surface area contributed by atoms with E-state index in [-0.39, 0.29) is 31.6 Å². The largest absolute Gasteiger partial charge is 0.755 e. The Hall–Kier alpha value is -1.58. The van der Waals surface area contributed by atoms with Gasteiger partial charge in [0.05, 0.1) is 5.60 Å². The highest BCUT2D eigenvalue weighted by Crippen LogP contribution is 2.29. The van der Waals surface area contributed by atoms with Gasteiger partial charge in [-0.05, 0) is 43.5 Å². The molecule has 1 atom stereocenters. The summed E-state index contributed by atoms with van der Waals surface area (Å²) in [4.78, 5) is 14.0. The SMILES string of the molecule is O=C(c1ccc(NS(=O)[O-])cc1)N1CCC(O)(CCC(F)F)CC1. The van der Waals surface area contributed by atoms with Gasteiger partial charge in [-0.2, -0.15) is 0 Å². The summed E-state index contributed by atoms with van der Waals surface area (Å²) < 4.78 is 47.8. The molecule has 9 heteroatoms. The van der Waals surface area contributed by atoms with Crippen LogP contribution in [0.15, 0.2) is 24.3 Å². The number of rotatable bonds is 6. The van der Waals surface area contributed by atoms with Gasteiger partial charge in [0.15, 0.2) is 0 Å². The molecule has 0 aliphatic carbocycles. The van der Waals surface area contributed by atoms with Crippen LogP contribution in [0.1, 0.15) is 36.0 Å². The number of piperidine rings is 1. The maximum Gasteiger partial charge on any atom is 0.253 e. The summed E-state index contributed by atoms with van der Waals surface area (Å²) in [6.45, 7) is 0.590. The van der Waals surface area contributed by atoms with E-state index in [2.05, 4.69) is 4.72 Å². The molecule has 0 aromatic heterocycles. The van der Waals surface area contributed by atoms with E-state index in [1.54, 1.807) is 4.90 Å². The van der Waals surface area contributed by atoms with Crippen LogP contribution in [-0.2, 0) is 11.3 Å². The van der Waals surface area contributed by atoms with Crippen molar-refractivity contribution in [2.45, 2.75) is 37.7 Å². The summed E-state index contributed by atoms with van der Waals surface area (Å²) in [5, 5.41) is 10.3. The van der Waals surface area contributed by atoms with Crippen molar-refractivity contribution in [1.82, 2.24) is 4.90 Å². The zero-order chi connectivity index (χ0) is 17.7. The number of alkyl halides is 2. The zero-order valence-electron chi connectivity index (χ0n) is 12.9. The van der Waals surface area contributed by atoms with Gasteiger partial charge in [-0.1, -0.05) is 0 Å². The molecule has 1 saturated heterocycles. The minimum absolute atomic E-state index is 0.0272. The number of hydrogen-bond donors (Lipinski definition) is 2. The molecule has 0 saturated carbocycles. The number of aliphatic hydroxyl groups is 1. The van der Waals surface area contributed by atoms with Gasteiger partial charge >= 0.3 is 0 Å². The maximum atomic E-state index is 12.4. The van der Waals surface area contributed by atoms with Crippen molar-refractivity contribution in [1.29, 1.82) is 0 Å². The van der Waals surface area contributed by atoms with Crippen molar-refractivity contribution in [3.05, 3.63) is 29.8 Å². The number of likely N-dealkylation sites (tertiary alicyclic amines) is 1. The number of hydrogen-bond acceptors (Lipinski definition) is 4. The predicted octanol–water partition coefficient (Wildman–Crippen LogP) is 1.91. The number of anilines is 1. The third-order valence-corrected chi connectivity index (χ3v) is 4.54. The van der Waals surface area contributed by atoms with Gasteiger partial charge in [0.1, 0.15) is 0 Å². The second kappa shape index (κ2) is 8.00. The highest BCUT2D eigenvalue weighted by Gasteiger charge is 2.34. The molecule has 0 spiro atoms. The van der Waals surface area contributed by atoms with Crippen LogP contribution in [0.25, 0.3) is 0 Å². The smallest absolute Gasteiger partial charge is 0.253 e. The minimum atomic E-state index is -2.44. The van der Waals surface area contributed by atoms with Crippen LogP contribution >= 0.6 is 0 Å². The Balaban J connectivity index is 1.91. The molecule has 0 bridgehead atoms. The van der Waals surface area contributed by atoms with Crippen molar-refractivity contribution in [3.63, 3.8) is 0 Å². The zero-order valence-corrected chi connectivity index (χ0v) is 13.7. The summed E-state index contributed by atoms with van der Waals surface area (Å²) in [6.07, 6.45) is -2.23. The van der Waals surface area contributed by atoms with Gasteiger partial charge in [-0.25, -0.2) is 8.78 Å². The van der Waals surface area contributed by atoms with Crippen LogP contribution in [0.5, 0.6) is 0 Å². The molecular formula is C15H19F2N2O4S-. The molecule has 1 amide bonds. The van der Waals surface area contributed by atoms with Gasteiger partial charge < -0.3 is 19.3 Å². The molecule has 1 unspecified atom stereocenters. The van der Waals surface area contributed by atoms with E-state index in [0.29, 0.717) is 24.3 Å². The summed E-state index contributed by atoms with van der Waals surface area (Å²) >= 11 is -2.43. The lowest BCUT2D eigenvalue weighted by Gasteiger charge is -2.38. The average molecular weight is 361 g/mol. The van der Waals surface area contributed by atoms with E-state index < -0.39 is 23.3 Å². The van der Waals surface area contributed by atoms with E-state index in [4.69, 9.17) is 0 Å². The lowest BCUT2D eigenvalue weighted by molar-refractivity contribution is -0.0346. The number of nitrogens with one attached hydrogen (secondary N) is 1. The average Bonchev–Trinajstić information content (AvgIpc) is 2.53. The maximum absolute atomic E-state index is 12.4. The molecule has 134 valence electrons. The fraction of sp³-hybridized carbons (Fsp3) is 0.533. The third kappa shape index (κ3) is 5.22. The van der Waals surface area contributed by atoms with Gasteiger partial charge in [-0.15, -0.1) is 0 Å². The summed E-state index contributed by atoms with van der Waals surface area (Å²) in [5.74, 6) is -0.235. The Morgan fingerprint density at radius 2 is 1.92 bits per heavy atom. The molecule has 0 radical (unpaired) electrons. The van der Waals surface area contributed by atoms with Crippen LogP contribution in [-0.4, -0.2) is 49.8 Å². The van der Waals surface area contributed by atoms with Crippen molar-refractivity contribution >= 4 is 22.9 Å². The Morgan fingerprint density at radius 3 is 2.42 bits per heavy atom. The summed E-state index contributed by atoms with van der Waals surface area (Å²) in [7, 11) is 0. The molecule has 1 aliphatic heterocycles. The first-order chi connectivity index (χ1) is 11.3. The van der Waals surface area contributed by atoms with Gasteiger partial charge in [-0.3, -0.25) is 9.00 Å². The molecule has 1 aromatic rings. The van der Waals surface area contributed by atoms with Crippen LogP contribution in [0.2, 0.25) is 0 Å². The number of carbonyl (C=O) groups excluding carboxylic acids is 1. The van der Waals surface area contributed by atoms with Gasteiger partial charge in [0.25, 0.3) is 5.91 Å². The lowest BCUT2D eigenvalue weighted by Crippen LogP contribution is -2.46. The second-order valence-electron chi connectivity index (χ2n) is 5.86. The topological polar surface area (TPSA) is 92.7 Å². The third-order valence-electron chi connectivity index (χ3n) is 4.14. The summed E-state index contributed by atoms with van der Waals surface area (Å²) in [5.41, 5.74) is -0.394. The highest BCUT2D eigenvalue weighted by molar-refractivity contribution is 7.80. The number of halogens is 2. The second-order valence-corrected chi connectivity index (χ2v) is 6.53. The van der Waals surface area contributed by atoms with Crippen LogP contribution < -0.4 is 4.72 Å². The molecule has 1 fully saturated rings. The van der Waals surface area contributed by atoms with Crippen LogP contribution in [0.4, 0.5) is 14.5 Å². The molecule has 6 nitrogen and oxygen atoms in total. The molecular weight excluding hydrogens is 342 g/mol. The Morgan fingerprint density at radius 1 is 1.33 bits per heavy atom. The minimum Gasteiger partial charge on any atom is -0.755 e. The van der Waals surface area contributed by atoms with E-state index in [0.717, 1.165) is 0 Å². The van der Waals surface area contributed by atoms with E-state index in [1.165, 1.54) is 24.3 Å². The fourth-order valence-electron chi connectivity index (χ4n) is 2.71. The monoisotopic (exact) mass is 361 g/mol. The predicted molar refractivity (Wildman–Crippen MR) is 84.3 cm³/mol. The van der Waals surface area contributed by atoms with E-state index in [1.807, 2.05) is 0 Å². The number of benzene rings is 1. The van der Waals surface area contributed by atoms with Crippen molar-refractivity contribution in [3.8, 4) is 0 Å². The number of amides is 1. The van der Waals surface area contributed by atoms with Crippen LogP contribution in [0, 0.1) is 0 Å². The number of carbonyl (C=O) groups is 1. The highest BCUT2D eigenvalue weighted by atomic mass is 32.2. The fourth-order valence-corrected chi connectivity index (χ4v) is 3.04. The van der Waals surface area contributed by atoms with Crippen LogP contribution in [0.3, 0.4) is 0 Å². The van der Waals surface area contributed by atoms with E-state index >= 15 is 0 Å². The lowest BCUT2D eigenvalue weighted by atomic mass is 9.87. The molecule has 2 rings (SSSR count).